The lowest BCUT2D eigenvalue weighted by molar-refractivity contribution is 0.305. The van der Waals surface area contributed by atoms with Gasteiger partial charge in [-0.15, -0.1) is 0 Å². The van der Waals surface area contributed by atoms with Crippen LogP contribution < -0.4 is 4.74 Å². The van der Waals surface area contributed by atoms with Crippen molar-refractivity contribution < 1.29 is 9.13 Å². The number of halogens is 3. The fraction of sp³-hybridized carbons (Fsp3) is 0.0714. The standard InChI is InChI=1S/C14H8Cl2FNO/c15-11-2-4-13(16)14(6-11)19-8-10-5-12(17)3-1-9(10)7-18/h1-6H,8H2. The Bertz CT molecular complexity index is 652. The van der Waals surface area contributed by atoms with Crippen LogP contribution in [0.3, 0.4) is 0 Å². The maximum atomic E-state index is 13.1. The number of ether oxygens (including phenoxy) is 1. The van der Waals surface area contributed by atoms with Crippen LogP contribution in [-0.4, -0.2) is 0 Å². The van der Waals surface area contributed by atoms with E-state index in [-0.39, 0.29) is 6.61 Å². The first-order valence-electron chi connectivity index (χ1n) is 5.36. The molecule has 96 valence electrons. The van der Waals surface area contributed by atoms with Gasteiger partial charge in [-0.25, -0.2) is 4.39 Å². The first kappa shape index (κ1) is 13.7. The van der Waals surface area contributed by atoms with Crippen molar-refractivity contribution in [3.05, 3.63) is 63.4 Å². The van der Waals surface area contributed by atoms with Gasteiger partial charge in [0.25, 0.3) is 0 Å². The summed E-state index contributed by atoms with van der Waals surface area (Å²) in [6.45, 7) is 0.0424. The lowest BCUT2D eigenvalue weighted by atomic mass is 10.1. The Balaban J connectivity index is 2.21. The molecule has 2 nitrogen and oxygen atoms in total. The van der Waals surface area contributed by atoms with Crippen LogP contribution in [0.5, 0.6) is 5.75 Å². The summed E-state index contributed by atoms with van der Waals surface area (Å²) in [6, 6.07) is 10.7. The molecule has 0 amide bonds. The molecule has 0 atom stereocenters. The fourth-order valence-electron chi connectivity index (χ4n) is 1.53. The molecular weight excluding hydrogens is 288 g/mol. The highest BCUT2D eigenvalue weighted by molar-refractivity contribution is 6.34. The van der Waals surface area contributed by atoms with Gasteiger partial charge < -0.3 is 4.74 Å². The summed E-state index contributed by atoms with van der Waals surface area (Å²) in [5.41, 5.74) is 0.818. The SMILES string of the molecule is N#Cc1ccc(F)cc1COc1cc(Cl)ccc1Cl. The summed E-state index contributed by atoms with van der Waals surface area (Å²) < 4.78 is 18.6. The predicted molar refractivity (Wildman–Crippen MR) is 71.9 cm³/mol. The summed E-state index contributed by atoms with van der Waals surface area (Å²) in [7, 11) is 0. The zero-order valence-electron chi connectivity index (χ0n) is 9.66. The third-order valence-electron chi connectivity index (χ3n) is 2.46. The molecule has 0 aliphatic rings. The van der Waals surface area contributed by atoms with Crippen molar-refractivity contribution in [2.45, 2.75) is 6.61 Å². The monoisotopic (exact) mass is 295 g/mol. The summed E-state index contributed by atoms with van der Waals surface area (Å²) in [5, 5.41) is 9.82. The lowest BCUT2D eigenvalue weighted by Crippen LogP contribution is -1.99. The normalized spacial score (nSPS) is 10.0. The summed E-state index contributed by atoms with van der Waals surface area (Å²) >= 11 is 11.8. The molecule has 0 saturated heterocycles. The van der Waals surface area contributed by atoms with Crippen molar-refractivity contribution in [1.29, 1.82) is 5.26 Å². The molecule has 2 aromatic rings. The van der Waals surface area contributed by atoms with Crippen molar-refractivity contribution >= 4 is 23.2 Å². The molecule has 2 aromatic carbocycles. The fourth-order valence-corrected chi connectivity index (χ4v) is 1.87. The van der Waals surface area contributed by atoms with Gasteiger partial charge >= 0.3 is 0 Å². The maximum absolute atomic E-state index is 13.1. The van der Waals surface area contributed by atoms with E-state index in [9.17, 15) is 4.39 Å². The zero-order valence-corrected chi connectivity index (χ0v) is 11.2. The smallest absolute Gasteiger partial charge is 0.139 e. The highest BCUT2D eigenvalue weighted by Gasteiger charge is 2.07. The minimum absolute atomic E-state index is 0.0424. The molecule has 2 rings (SSSR count). The Hall–Kier alpha value is -1.76. The molecule has 0 saturated carbocycles. The highest BCUT2D eigenvalue weighted by atomic mass is 35.5. The number of hydrogen-bond acceptors (Lipinski definition) is 2. The minimum Gasteiger partial charge on any atom is -0.487 e. The highest BCUT2D eigenvalue weighted by Crippen LogP contribution is 2.28. The second-order valence-corrected chi connectivity index (χ2v) is 4.62. The second kappa shape index (κ2) is 5.92. The number of nitrogens with zero attached hydrogens (tertiary/aromatic N) is 1. The van der Waals surface area contributed by atoms with Crippen LogP contribution in [0.4, 0.5) is 4.39 Å². The molecule has 0 fully saturated rings. The largest absolute Gasteiger partial charge is 0.487 e. The van der Waals surface area contributed by atoms with E-state index in [4.69, 9.17) is 33.2 Å². The average Bonchev–Trinajstić information content (AvgIpc) is 2.40. The summed E-state index contributed by atoms with van der Waals surface area (Å²) in [4.78, 5) is 0. The molecule has 0 spiro atoms. The van der Waals surface area contributed by atoms with Crippen molar-refractivity contribution in [2.75, 3.05) is 0 Å². The maximum Gasteiger partial charge on any atom is 0.139 e. The Morgan fingerprint density at radius 3 is 2.68 bits per heavy atom. The van der Waals surface area contributed by atoms with Gasteiger partial charge in [0.2, 0.25) is 0 Å². The zero-order chi connectivity index (χ0) is 13.8. The molecule has 0 aromatic heterocycles. The van der Waals surface area contributed by atoms with E-state index in [1.165, 1.54) is 18.2 Å². The van der Waals surface area contributed by atoms with Gasteiger partial charge in [-0.3, -0.25) is 0 Å². The number of rotatable bonds is 3. The van der Waals surface area contributed by atoms with Crippen LogP contribution >= 0.6 is 23.2 Å². The molecule has 0 aliphatic heterocycles. The van der Waals surface area contributed by atoms with Crippen LogP contribution in [0, 0.1) is 17.1 Å². The predicted octanol–water partition coefficient (Wildman–Crippen LogP) is 4.58. The first-order valence-corrected chi connectivity index (χ1v) is 6.12. The topological polar surface area (TPSA) is 33.0 Å². The Labute approximate surface area is 119 Å². The molecule has 0 heterocycles. The van der Waals surface area contributed by atoms with Gasteiger partial charge in [0.1, 0.15) is 18.2 Å². The number of hydrogen-bond donors (Lipinski definition) is 0. The first-order chi connectivity index (χ1) is 9.10. The molecule has 19 heavy (non-hydrogen) atoms. The van der Waals surface area contributed by atoms with Crippen LogP contribution in [0.1, 0.15) is 11.1 Å². The molecule has 0 bridgehead atoms. The minimum atomic E-state index is -0.421. The third-order valence-corrected chi connectivity index (χ3v) is 3.01. The second-order valence-electron chi connectivity index (χ2n) is 3.78. The van der Waals surface area contributed by atoms with E-state index < -0.39 is 5.82 Å². The van der Waals surface area contributed by atoms with Crippen molar-refractivity contribution in [1.82, 2.24) is 0 Å². The van der Waals surface area contributed by atoms with Gasteiger partial charge in [-0.2, -0.15) is 5.26 Å². The van der Waals surface area contributed by atoms with Gasteiger partial charge in [0, 0.05) is 16.7 Å². The summed E-state index contributed by atoms with van der Waals surface area (Å²) in [5.74, 6) is -0.0305. The van der Waals surface area contributed by atoms with Crippen molar-refractivity contribution in [3.8, 4) is 11.8 Å². The van der Waals surface area contributed by atoms with E-state index >= 15 is 0 Å². The van der Waals surface area contributed by atoms with Crippen LogP contribution in [0.15, 0.2) is 36.4 Å². The van der Waals surface area contributed by atoms with E-state index in [1.807, 2.05) is 6.07 Å². The number of nitriles is 1. The van der Waals surface area contributed by atoms with Gasteiger partial charge in [-0.1, -0.05) is 23.2 Å². The van der Waals surface area contributed by atoms with E-state index in [2.05, 4.69) is 0 Å². The molecule has 0 N–H and O–H groups in total. The number of benzene rings is 2. The van der Waals surface area contributed by atoms with Gasteiger partial charge in [0.15, 0.2) is 0 Å². The molecule has 5 heteroatoms. The van der Waals surface area contributed by atoms with Gasteiger partial charge in [-0.05, 0) is 30.3 Å². The van der Waals surface area contributed by atoms with Gasteiger partial charge in [0.05, 0.1) is 16.7 Å². The van der Waals surface area contributed by atoms with Crippen LogP contribution in [0.25, 0.3) is 0 Å². The Morgan fingerprint density at radius 2 is 1.95 bits per heavy atom. The van der Waals surface area contributed by atoms with Crippen LogP contribution in [-0.2, 0) is 6.61 Å². The van der Waals surface area contributed by atoms with E-state index in [1.54, 1.807) is 18.2 Å². The summed E-state index contributed by atoms with van der Waals surface area (Å²) in [6.07, 6.45) is 0. The van der Waals surface area contributed by atoms with Crippen LogP contribution in [0.2, 0.25) is 10.0 Å². The van der Waals surface area contributed by atoms with Crippen molar-refractivity contribution in [2.24, 2.45) is 0 Å². The molecule has 0 radical (unpaired) electrons. The third kappa shape index (κ3) is 3.37. The molecule has 0 aliphatic carbocycles. The Morgan fingerprint density at radius 1 is 1.16 bits per heavy atom. The quantitative estimate of drug-likeness (QED) is 0.830. The van der Waals surface area contributed by atoms with Crippen molar-refractivity contribution in [3.63, 3.8) is 0 Å². The Kier molecular flexibility index (Phi) is 4.26. The van der Waals surface area contributed by atoms with E-state index in [0.29, 0.717) is 26.9 Å². The molecular formula is C14H8Cl2FNO. The van der Waals surface area contributed by atoms with E-state index in [0.717, 1.165) is 0 Å². The lowest BCUT2D eigenvalue weighted by Gasteiger charge is -2.09. The average molecular weight is 296 g/mol. The molecule has 0 unspecified atom stereocenters.